The van der Waals surface area contributed by atoms with E-state index in [1.165, 1.54) is 41.7 Å². The van der Waals surface area contributed by atoms with Crippen LogP contribution < -0.4 is 5.73 Å². The molecule has 1 aromatic rings. The van der Waals surface area contributed by atoms with Gasteiger partial charge in [-0.1, -0.05) is 13.3 Å². The fraction of sp³-hybridized carbons (Fsp3) is 0.714. The summed E-state index contributed by atoms with van der Waals surface area (Å²) in [5.74, 6) is 0.875. The number of halogens is 1. The van der Waals surface area contributed by atoms with E-state index < -0.39 is 0 Å². The first kappa shape index (κ1) is 14.5. The van der Waals surface area contributed by atoms with Gasteiger partial charge in [0.25, 0.3) is 0 Å². The smallest absolute Gasteiger partial charge is 0.0591 e. The summed E-state index contributed by atoms with van der Waals surface area (Å²) in [6, 6.07) is 2.81. The van der Waals surface area contributed by atoms with Crippen molar-refractivity contribution in [3.8, 4) is 0 Å². The van der Waals surface area contributed by atoms with E-state index in [2.05, 4.69) is 46.1 Å². The molecule has 4 heteroatoms. The lowest BCUT2D eigenvalue weighted by Crippen LogP contribution is -2.37. The van der Waals surface area contributed by atoms with Crippen LogP contribution in [-0.4, -0.2) is 24.0 Å². The standard InChI is InChI=1S/C14H23BrN2S/c1-3-4-11-5-6-17(8-11)14(10(2)16)13-7-12(15)9-18-13/h7,9-11,14H,3-6,8,16H2,1-2H3. The molecule has 0 aliphatic carbocycles. The molecule has 3 unspecified atom stereocenters. The maximum absolute atomic E-state index is 6.23. The summed E-state index contributed by atoms with van der Waals surface area (Å²) in [6.45, 7) is 6.83. The number of hydrogen-bond donors (Lipinski definition) is 1. The van der Waals surface area contributed by atoms with Crippen molar-refractivity contribution >= 4 is 27.3 Å². The first-order chi connectivity index (χ1) is 8.61. The van der Waals surface area contributed by atoms with Crippen LogP contribution in [0, 0.1) is 5.92 Å². The predicted octanol–water partition coefficient (Wildman–Crippen LogP) is 4.02. The van der Waals surface area contributed by atoms with Crippen LogP contribution in [0.5, 0.6) is 0 Å². The van der Waals surface area contributed by atoms with E-state index in [0.29, 0.717) is 6.04 Å². The highest BCUT2D eigenvalue weighted by Crippen LogP contribution is 2.35. The molecule has 2 heterocycles. The maximum atomic E-state index is 6.23. The predicted molar refractivity (Wildman–Crippen MR) is 83.0 cm³/mol. The van der Waals surface area contributed by atoms with Crippen molar-refractivity contribution in [3.05, 3.63) is 20.8 Å². The van der Waals surface area contributed by atoms with Crippen molar-refractivity contribution in [2.45, 2.75) is 45.2 Å². The average Bonchev–Trinajstić information content (AvgIpc) is 2.90. The van der Waals surface area contributed by atoms with Crippen LogP contribution in [0.2, 0.25) is 0 Å². The molecule has 0 spiro atoms. The Morgan fingerprint density at radius 3 is 2.94 bits per heavy atom. The Balaban J connectivity index is 2.07. The van der Waals surface area contributed by atoms with Gasteiger partial charge in [0.1, 0.15) is 0 Å². The van der Waals surface area contributed by atoms with E-state index in [0.717, 1.165) is 5.92 Å². The topological polar surface area (TPSA) is 29.3 Å². The highest BCUT2D eigenvalue weighted by atomic mass is 79.9. The molecule has 0 amide bonds. The maximum Gasteiger partial charge on any atom is 0.0591 e. The molecule has 1 saturated heterocycles. The Morgan fingerprint density at radius 2 is 2.39 bits per heavy atom. The number of likely N-dealkylation sites (tertiary alicyclic amines) is 1. The zero-order valence-electron chi connectivity index (χ0n) is 11.2. The summed E-state index contributed by atoms with van der Waals surface area (Å²) in [5, 5.41) is 2.16. The van der Waals surface area contributed by atoms with Gasteiger partial charge in [0.05, 0.1) is 6.04 Å². The van der Waals surface area contributed by atoms with Crippen LogP contribution in [0.15, 0.2) is 15.9 Å². The third-order valence-corrected chi connectivity index (χ3v) is 5.55. The Bertz CT molecular complexity index is 378. The quantitative estimate of drug-likeness (QED) is 0.883. The number of nitrogens with two attached hydrogens (primary N) is 1. The molecular weight excluding hydrogens is 308 g/mol. The molecule has 2 nitrogen and oxygen atoms in total. The second-order valence-corrected chi connectivity index (χ2v) is 7.27. The second kappa shape index (κ2) is 6.51. The van der Waals surface area contributed by atoms with E-state index in [1.807, 2.05) is 11.3 Å². The van der Waals surface area contributed by atoms with Crippen LogP contribution in [-0.2, 0) is 0 Å². The van der Waals surface area contributed by atoms with Gasteiger partial charge in [-0.2, -0.15) is 0 Å². The Hall–Kier alpha value is 0.1000. The number of hydrogen-bond acceptors (Lipinski definition) is 3. The average molecular weight is 331 g/mol. The van der Waals surface area contributed by atoms with Crippen LogP contribution in [0.1, 0.15) is 44.0 Å². The molecule has 3 atom stereocenters. The van der Waals surface area contributed by atoms with Crippen molar-refractivity contribution in [2.24, 2.45) is 11.7 Å². The molecule has 0 saturated carbocycles. The highest BCUT2D eigenvalue weighted by Gasteiger charge is 2.31. The van der Waals surface area contributed by atoms with E-state index in [4.69, 9.17) is 5.73 Å². The Morgan fingerprint density at radius 1 is 1.61 bits per heavy atom. The summed E-state index contributed by atoms with van der Waals surface area (Å²) >= 11 is 5.36. The van der Waals surface area contributed by atoms with Crippen molar-refractivity contribution in [1.82, 2.24) is 4.90 Å². The lowest BCUT2D eigenvalue weighted by molar-refractivity contribution is 0.213. The monoisotopic (exact) mass is 330 g/mol. The molecule has 102 valence electrons. The number of thiophene rings is 1. The van der Waals surface area contributed by atoms with Crippen LogP contribution >= 0.6 is 27.3 Å². The van der Waals surface area contributed by atoms with E-state index in [-0.39, 0.29) is 6.04 Å². The van der Waals surface area contributed by atoms with Gasteiger partial charge in [-0.05, 0) is 54.2 Å². The van der Waals surface area contributed by atoms with Gasteiger partial charge < -0.3 is 5.73 Å². The number of rotatable bonds is 5. The minimum Gasteiger partial charge on any atom is -0.326 e. The lowest BCUT2D eigenvalue weighted by atomic mass is 10.0. The summed E-state index contributed by atoms with van der Waals surface area (Å²) in [7, 11) is 0. The summed E-state index contributed by atoms with van der Waals surface area (Å²) < 4.78 is 1.18. The van der Waals surface area contributed by atoms with Crippen molar-refractivity contribution in [1.29, 1.82) is 0 Å². The minimum atomic E-state index is 0.191. The Labute approximate surface area is 123 Å². The molecule has 2 N–H and O–H groups in total. The zero-order chi connectivity index (χ0) is 13.1. The summed E-state index contributed by atoms with van der Waals surface area (Å²) in [4.78, 5) is 3.98. The fourth-order valence-electron chi connectivity index (χ4n) is 3.01. The van der Waals surface area contributed by atoms with Gasteiger partial charge in [0.15, 0.2) is 0 Å². The first-order valence-electron chi connectivity index (χ1n) is 6.85. The van der Waals surface area contributed by atoms with Gasteiger partial charge in [-0.15, -0.1) is 11.3 Å². The molecule has 0 aromatic carbocycles. The zero-order valence-corrected chi connectivity index (χ0v) is 13.6. The van der Waals surface area contributed by atoms with Crippen LogP contribution in [0.3, 0.4) is 0 Å². The largest absolute Gasteiger partial charge is 0.326 e. The first-order valence-corrected chi connectivity index (χ1v) is 8.52. The second-order valence-electron chi connectivity index (χ2n) is 5.41. The third-order valence-electron chi connectivity index (χ3n) is 3.78. The van der Waals surface area contributed by atoms with Gasteiger partial charge in [-0.25, -0.2) is 0 Å². The Kier molecular flexibility index (Phi) is 5.24. The molecule has 1 aliphatic heterocycles. The van der Waals surface area contributed by atoms with E-state index in [9.17, 15) is 0 Å². The molecule has 2 rings (SSSR count). The van der Waals surface area contributed by atoms with Crippen molar-refractivity contribution in [3.63, 3.8) is 0 Å². The number of nitrogens with zero attached hydrogens (tertiary/aromatic N) is 1. The molecule has 1 fully saturated rings. The fourth-order valence-corrected chi connectivity index (χ4v) is 4.71. The lowest BCUT2D eigenvalue weighted by Gasteiger charge is -2.30. The van der Waals surface area contributed by atoms with Gasteiger partial charge in [0.2, 0.25) is 0 Å². The van der Waals surface area contributed by atoms with Crippen LogP contribution in [0.4, 0.5) is 0 Å². The summed E-state index contributed by atoms with van der Waals surface area (Å²) in [6.07, 6.45) is 3.99. The van der Waals surface area contributed by atoms with Crippen LogP contribution in [0.25, 0.3) is 0 Å². The van der Waals surface area contributed by atoms with Crippen molar-refractivity contribution < 1.29 is 0 Å². The molecule has 18 heavy (non-hydrogen) atoms. The van der Waals surface area contributed by atoms with Gasteiger partial charge in [0, 0.05) is 27.3 Å². The van der Waals surface area contributed by atoms with Gasteiger partial charge >= 0.3 is 0 Å². The third kappa shape index (κ3) is 3.35. The van der Waals surface area contributed by atoms with E-state index in [1.54, 1.807) is 0 Å². The van der Waals surface area contributed by atoms with Gasteiger partial charge in [-0.3, -0.25) is 4.90 Å². The highest BCUT2D eigenvalue weighted by molar-refractivity contribution is 9.10. The SMILES string of the molecule is CCCC1CCN(C(c2cc(Br)cs2)C(C)N)C1. The molecule has 1 aromatic heterocycles. The molecule has 1 aliphatic rings. The minimum absolute atomic E-state index is 0.191. The summed E-state index contributed by atoms with van der Waals surface area (Å²) in [5.41, 5.74) is 6.23. The van der Waals surface area contributed by atoms with Crippen molar-refractivity contribution in [2.75, 3.05) is 13.1 Å². The molecular formula is C14H23BrN2S. The molecule has 0 radical (unpaired) electrons. The normalized spacial score (nSPS) is 24.3. The van der Waals surface area contributed by atoms with E-state index >= 15 is 0 Å². The molecule has 0 bridgehead atoms.